The number of fused-ring (bicyclic) bond motifs is 1. The highest BCUT2D eigenvalue weighted by Gasteiger charge is 2.41. The summed E-state index contributed by atoms with van der Waals surface area (Å²) in [5.74, 6) is -2.07. The third-order valence-electron chi connectivity index (χ3n) is 3.56. The molecule has 128 valence electrons. The number of rotatable bonds is 3. The quantitative estimate of drug-likeness (QED) is 0.841. The SMILES string of the molecule is CCS(=O)(=O)c1ncccc1-c1nc2c(o1)N=C[C@@H](C(F)(F)F)C2. The van der Waals surface area contributed by atoms with Gasteiger partial charge in [0.1, 0.15) is 5.69 Å². The maximum Gasteiger partial charge on any atom is 0.397 e. The number of pyridine rings is 1. The first-order chi connectivity index (χ1) is 11.2. The lowest BCUT2D eigenvalue weighted by Gasteiger charge is -2.16. The van der Waals surface area contributed by atoms with Crippen LogP contribution >= 0.6 is 0 Å². The Kier molecular flexibility index (Phi) is 3.94. The molecule has 2 aromatic rings. The molecule has 0 saturated carbocycles. The van der Waals surface area contributed by atoms with Crippen molar-refractivity contribution in [2.75, 3.05) is 5.75 Å². The van der Waals surface area contributed by atoms with Gasteiger partial charge in [0.2, 0.25) is 11.8 Å². The predicted molar refractivity (Wildman–Crippen MR) is 78.9 cm³/mol. The van der Waals surface area contributed by atoms with Gasteiger partial charge in [-0.3, -0.25) is 0 Å². The molecule has 3 rings (SSSR count). The molecule has 0 bridgehead atoms. The molecule has 0 fully saturated rings. The van der Waals surface area contributed by atoms with Crippen molar-refractivity contribution in [3.63, 3.8) is 0 Å². The Labute approximate surface area is 135 Å². The van der Waals surface area contributed by atoms with Gasteiger partial charge in [-0.2, -0.15) is 13.2 Å². The molecule has 1 atom stereocenters. The summed E-state index contributed by atoms with van der Waals surface area (Å²) < 4.78 is 68.0. The van der Waals surface area contributed by atoms with E-state index in [1.807, 2.05) is 0 Å². The highest BCUT2D eigenvalue weighted by molar-refractivity contribution is 7.91. The summed E-state index contributed by atoms with van der Waals surface area (Å²) in [6.45, 7) is 1.46. The summed E-state index contributed by atoms with van der Waals surface area (Å²) in [7, 11) is -3.64. The van der Waals surface area contributed by atoms with E-state index >= 15 is 0 Å². The van der Waals surface area contributed by atoms with Crippen LogP contribution in [0.1, 0.15) is 12.6 Å². The van der Waals surface area contributed by atoms with Crippen LogP contribution in [0.15, 0.2) is 32.8 Å². The van der Waals surface area contributed by atoms with Gasteiger partial charge in [0.25, 0.3) is 0 Å². The first kappa shape index (κ1) is 16.6. The van der Waals surface area contributed by atoms with Gasteiger partial charge in [-0.05, 0) is 12.1 Å². The van der Waals surface area contributed by atoms with Gasteiger partial charge in [0, 0.05) is 18.8 Å². The molecule has 1 aliphatic rings. The van der Waals surface area contributed by atoms with Crippen LogP contribution in [0.4, 0.5) is 19.1 Å². The van der Waals surface area contributed by atoms with Crippen molar-refractivity contribution in [2.24, 2.45) is 10.9 Å². The number of hydrogen-bond donors (Lipinski definition) is 0. The molecular weight excluding hydrogens is 347 g/mol. The average molecular weight is 359 g/mol. The van der Waals surface area contributed by atoms with E-state index in [1.54, 1.807) is 0 Å². The minimum atomic E-state index is -4.43. The molecule has 0 N–H and O–H groups in total. The summed E-state index contributed by atoms with van der Waals surface area (Å²) in [4.78, 5) is 11.5. The van der Waals surface area contributed by atoms with E-state index in [0.717, 1.165) is 6.21 Å². The summed E-state index contributed by atoms with van der Waals surface area (Å²) in [6.07, 6.45) is -2.75. The maximum atomic E-state index is 12.8. The molecule has 2 aromatic heterocycles. The Morgan fingerprint density at radius 1 is 1.38 bits per heavy atom. The molecule has 0 saturated heterocycles. The van der Waals surface area contributed by atoms with Crippen LogP contribution < -0.4 is 0 Å². The average Bonchev–Trinajstić information content (AvgIpc) is 2.97. The smallest absolute Gasteiger partial charge is 0.397 e. The highest BCUT2D eigenvalue weighted by Crippen LogP contribution is 2.37. The number of alkyl halides is 3. The van der Waals surface area contributed by atoms with Gasteiger partial charge in [-0.1, -0.05) is 6.92 Å². The number of aromatic nitrogens is 2. The van der Waals surface area contributed by atoms with Crippen molar-refractivity contribution in [1.29, 1.82) is 0 Å². The van der Waals surface area contributed by atoms with Crippen LogP contribution in [-0.2, 0) is 16.3 Å². The van der Waals surface area contributed by atoms with Crippen LogP contribution in [-0.4, -0.2) is 36.5 Å². The molecule has 1 aliphatic heterocycles. The van der Waals surface area contributed by atoms with Crippen molar-refractivity contribution >= 4 is 21.9 Å². The van der Waals surface area contributed by atoms with Crippen molar-refractivity contribution in [3.8, 4) is 11.5 Å². The fourth-order valence-electron chi connectivity index (χ4n) is 2.25. The van der Waals surface area contributed by atoms with E-state index in [1.165, 1.54) is 25.3 Å². The molecule has 0 spiro atoms. The van der Waals surface area contributed by atoms with Gasteiger partial charge in [0.05, 0.1) is 17.2 Å². The molecule has 0 amide bonds. The van der Waals surface area contributed by atoms with Gasteiger partial charge in [-0.25, -0.2) is 23.4 Å². The van der Waals surface area contributed by atoms with E-state index in [9.17, 15) is 21.6 Å². The van der Waals surface area contributed by atoms with Crippen LogP contribution in [0, 0.1) is 5.92 Å². The van der Waals surface area contributed by atoms with Gasteiger partial charge in [-0.15, -0.1) is 0 Å². The fraction of sp³-hybridized carbons (Fsp3) is 0.357. The summed E-state index contributed by atoms with van der Waals surface area (Å²) >= 11 is 0. The molecule has 0 aliphatic carbocycles. The third kappa shape index (κ3) is 2.93. The number of nitrogens with zero attached hydrogens (tertiary/aromatic N) is 3. The maximum absolute atomic E-state index is 12.8. The number of hydrogen-bond acceptors (Lipinski definition) is 6. The summed E-state index contributed by atoms with van der Waals surface area (Å²) in [6, 6.07) is 2.94. The lowest BCUT2D eigenvalue weighted by molar-refractivity contribution is -0.154. The van der Waals surface area contributed by atoms with Crippen molar-refractivity contribution in [1.82, 2.24) is 9.97 Å². The molecule has 10 heteroatoms. The second kappa shape index (κ2) is 5.69. The summed E-state index contributed by atoms with van der Waals surface area (Å²) in [5.41, 5.74) is 0.144. The van der Waals surface area contributed by atoms with E-state index in [2.05, 4.69) is 15.0 Å². The second-order valence-electron chi connectivity index (χ2n) is 5.16. The second-order valence-corrected chi connectivity index (χ2v) is 7.35. The molecular formula is C14H12F3N3O3S. The van der Waals surface area contributed by atoms with Gasteiger partial charge < -0.3 is 4.42 Å². The van der Waals surface area contributed by atoms with Crippen molar-refractivity contribution < 1.29 is 26.0 Å². The number of oxazole rings is 1. The number of halogens is 3. The topological polar surface area (TPSA) is 85.4 Å². The minimum absolute atomic E-state index is 0.0403. The largest absolute Gasteiger partial charge is 0.418 e. The van der Waals surface area contributed by atoms with E-state index < -0.39 is 28.4 Å². The zero-order chi connectivity index (χ0) is 17.5. The van der Waals surface area contributed by atoms with Crippen LogP contribution in [0.3, 0.4) is 0 Å². The predicted octanol–water partition coefficient (Wildman–Crippen LogP) is 2.97. The molecule has 3 heterocycles. The molecule has 0 radical (unpaired) electrons. The minimum Gasteiger partial charge on any atom is -0.418 e. The highest BCUT2D eigenvalue weighted by atomic mass is 32.2. The lowest BCUT2D eigenvalue weighted by Crippen LogP contribution is -2.27. The molecule has 0 unspecified atom stereocenters. The van der Waals surface area contributed by atoms with Crippen LogP contribution in [0.25, 0.3) is 11.5 Å². The van der Waals surface area contributed by atoms with Crippen LogP contribution in [0.2, 0.25) is 0 Å². The Morgan fingerprint density at radius 3 is 2.79 bits per heavy atom. The van der Waals surface area contributed by atoms with E-state index in [0.29, 0.717) is 0 Å². The van der Waals surface area contributed by atoms with Crippen molar-refractivity contribution in [2.45, 2.75) is 24.5 Å². The first-order valence-corrected chi connectivity index (χ1v) is 8.66. The fourth-order valence-corrected chi connectivity index (χ4v) is 3.24. The first-order valence-electron chi connectivity index (χ1n) is 7.01. The zero-order valence-electron chi connectivity index (χ0n) is 12.4. The van der Waals surface area contributed by atoms with E-state index in [4.69, 9.17) is 4.42 Å². The van der Waals surface area contributed by atoms with Crippen molar-refractivity contribution in [3.05, 3.63) is 24.0 Å². The Balaban J connectivity index is 2.04. The standard InChI is InChI=1S/C14H12F3N3O3S/c1-2-24(21,22)13-9(4-3-5-18-13)11-20-10-6-8(14(15,16)17)7-19-12(10)23-11/h3-5,7-8H,2,6H2,1H3/t8-/m0/s1. The summed E-state index contributed by atoms with van der Waals surface area (Å²) in [5, 5.41) is -0.220. The Hall–Kier alpha value is -2.23. The van der Waals surface area contributed by atoms with Crippen LogP contribution in [0.5, 0.6) is 0 Å². The normalized spacial score (nSPS) is 17.8. The zero-order valence-corrected chi connectivity index (χ0v) is 13.2. The van der Waals surface area contributed by atoms with Gasteiger partial charge >= 0.3 is 6.18 Å². The number of sulfone groups is 1. The molecule has 24 heavy (non-hydrogen) atoms. The third-order valence-corrected chi connectivity index (χ3v) is 5.23. The molecule has 6 nitrogen and oxygen atoms in total. The van der Waals surface area contributed by atoms with Gasteiger partial charge in [0.15, 0.2) is 14.9 Å². The Morgan fingerprint density at radius 2 is 2.12 bits per heavy atom. The molecule has 0 aromatic carbocycles. The lowest BCUT2D eigenvalue weighted by atomic mass is 10.0. The monoisotopic (exact) mass is 359 g/mol. The van der Waals surface area contributed by atoms with E-state index in [-0.39, 0.29) is 33.8 Å². The Bertz CT molecular complexity index is 903. The number of aliphatic imine (C=N–C) groups is 1.